The van der Waals surface area contributed by atoms with Gasteiger partial charge < -0.3 is 18.9 Å². The highest BCUT2D eigenvalue weighted by Gasteiger charge is 2.46. The maximum absolute atomic E-state index is 2.62. The molecule has 4 aliphatic heterocycles. The van der Waals surface area contributed by atoms with E-state index in [1.54, 1.807) is 0 Å². The molecule has 274 valence electrons. The molecule has 11 aromatic rings. The molecule has 0 saturated carbocycles. The van der Waals surface area contributed by atoms with Gasteiger partial charge in [0.2, 0.25) is 0 Å². The lowest BCUT2D eigenvalue weighted by atomic mass is 9.30. The first-order valence-corrected chi connectivity index (χ1v) is 21.0. The van der Waals surface area contributed by atoms with Crippen molar-refractivity contribution in [2.75, 3.05) is 9.80 Å². The minimum absolute atomic E-state index is 0.0321. The number of hydrogen-bond donors (Lipinski definition) is 0. The van der Waals surface area contributed by atoms with Crippen LogP contribution in [0.4, 0.5) is 34.1 Å². The summed E-state index contributed by atoms with van der Waals surface area (Å²) < 4.78 is 5.09. The van der Waals surface area contributed by atoms with E-state index in [0.717, 1.165) is 11.4 Å². The Kier molecular flexibility index (Phi) is 5.78. The highest BCUT2D eigenvalue weighted by Crippen LogP contribution is 2.46. The summed E-state index contributed by atoms with van der Waals surface area (Å²) in [6, 6.07) is 72.9. The number of rotatable bonds is 2. The molecule has 0 N–H and O–H groups in total. The molecule has 0 spiro atoms. The number of aromatic nitrogens is 2. The van der Waals surface area contributed by atoms with E-state index in [0.29, 0.717) is 0 Å². The molecule has 6 heterocycles. The fourth-order valence-electron chi connectivity index (χ4n) is 11.9. The number of benzene rings is 9. The zero-order valence-corrected chi connectivity index (χ0v) is 32.4. The molecule has 4 aliphatic rings. The summed E-state index contributed by atoms with van der Waals surface area (Å²) in [6.45, 7) is 0.0641. The summed E-state index contributed by atoms with van der Waals surface area (Å²) in [5.41, 5.74) is 23.0. The van der Waals surface area contributed by atoms with Crippen molar-refractivity contribution in [1.29, 1.82) is 0 Å². The van der Waals surface area contributed by atoms with Crippen molar-refractivity contribution in [2.24, 2.45) is 0 Å². The molecule has 0 radical (unpaired) electrons. The average Bonchev–Trinajstić information content (AvgIpc) is 3.83. The molecule has 15 rings (SSSR count). The summed E-state index contributed by atoms with van der Waals surface area (Å²) in [5, 5.41) is 5.21. The molecule has 4 nitrogen and oxygen atoms in total. The second kappa shape index (κ2) is 11.1. The number of hydrogen-bond acceptors (Lipinski definition) is 2. The van der Waals surface area contributed by atoms with Gasteiger partial charge in [-0.15, -0.1) is 0 Å². The topological polar surface area (TPSA) is 16.3 Å². The van der Waals surface area contributed by atoms with E-state index in [1.165, 1.54) is 111 Å². The predicted molar refractivity (Wildman–Crippen MR) is 254 cm³/mol. The molecule has 0 aliphatic carbocycles. The van der Waals surface area contributed by atoms with E-state index in [9.17, 15) is 0 Å². The van der Waals surface area contributed by atoms with Gasteiger partial charge in [0.1, 0.15) is 0 Å². The van der Waals surface area contributed by atoms with Crippen molar-refractivity contribution >= 4 is 124 Å². The Morgan fingerprint density at radius 1 is 0.283 bits per heavy atom. The van der Waals surface area contributed by atoms with Crippen LogP contribution in [0.5, 0.6) is 0 Å². The molecule has 2 aromatic heterocycles. The predicted octanol–water partition coefficient (Wildman–Crippen LogP) is 9.11. The maximum Gasteiger partial charge on any atom is 0.252 e. The molecule has 6 heteroatoms. The van der Waals surface area contributed by atoms with Crippen molar-refractivity contribution in [3.63, 3.8) is 0 Å². The lowest BCUT2D eigenvalue weighted by molar-refractivity contribution is 1.17. The van der Waals surface area contributed by atoms with Crippen molar-refractivity contribution in [2.45, 2.75) is 0 Å². The van der Waals surface area contributed by atoms with Crippen LogP contribution in [0.3, 0.4) is 0 Å². The Morgan fingerprint density at radius 3 is 1.17 bits per heavy atom. The lowest BCUT2D eigenvalue weighted by Gasteiger charge is -2.44. The minimum atomic E-state index is 0.0321. The smallest absolute Gasteiger partial charge is 0.252 e. The van der Waals surface area contributed by atoms with E-state index in [2.05, 4.69) is 213 Å². The van der Waals surface area contributed by atoms with E-state index < -0.39 is 0 Å². The van der Waals surface area contributed by atoms with Crippen molar-refractivity contribution in [3.05, 3.63) is 194 Å². The Morgan fingerprint density at radius 2 is 0.683 bits per heavy atom. The van der Waals surface area contributed by atoms with Gasteiger partial charge in [-0.2, -0.15) is 0 Å². The third-order valence-corrected chi connectivity index (χ3v) is 14.0. The zero-order chi connectivity index (χ0) is 38.8. The Balaban J connectivity index is 1.11. The molecule has 60 heavy (non-hydrogen) atoms. The summed E-state index contributed by atoms with van der Waals surface area (Å²) in [4.78, 5) is 5.08. The second-order valence-electron chi connectivity index (χ2n) is 16.8. The van der Waals surface area contributed by atoms with Crippen LogP contribution >= 0.6 is 0 Å². The largest absolute Gasteiger partial charge is 0.311 e. The van der Waals surface area contributed by atoms with Gasteiger partial charge in [-0.05, 0) is 99.5 Å². The second-order valence-corrected chi connectivity index (χ2v) is 16.8. The summed E-state index contributed by atoms with van der Waals surface area (Å²) in [7, 11) is 0. The molecule has 9 aromatic carbocycles. The van der Waals surface area contributed by atoms with Gasteiger partial charge in [0.25, 0.3) is 13.4 Å². The molecule has 0 unspecified atom stereocenters. The third kappa shape index (κ3) is 3.68. The van der Waals surface area contributed by atoms with Crippen LogP contribution in [0.25, 0.3) is 55.0 Å². The number of fused-ring (bicyclic) bond motifs is 14. The molecule has 0 saturated heterocycles. The van der Waals surface area contributed by atoms with Crippen molar-refractivity contribution < 1.29 is 0 Å². The number of anilines is 6. The first kappa shape index (κ1) is 31.3. The molecule has 0 amide bonds. The molecular weight excluding hydrogens is 726 g/mol. The van der Waals surface area contributed by atoms with Crippen LogP contribution in [-0.4, -0.2) is 22.6 Å². The summed E-state index contributed by atoms with van der Waals surface area (Å²) in [6.07, 6.45) is 0. The van der Waals surface area contributed by atoms with E-state index >= 15 is 0 Å². The Labute approximate surface area is 346 Å². The summed E-state index contributed by atoms with van der Waals surface area (Å²) >= 11 is 0. The van der Waals surface area contributed by atoms with Crippen LogP contribution in [-0.2, 0) is 0 Å². The zero-order valence-electron chi connectivity index (χ0n) is 32.4. The quantitative estimate of drug-likeness (QED) is 0.164. The van der Waals surface area contributed by atoms with Crippen LogP contribution in [0.1, 0.15) is 0 Å². The number of para-hydroxylation sites is 6. The summed E-state index contributed by atoms with van der Waals surface area (Å²) in [5.74, 6) is 0. The van der Waals surface area contributed by atoms with Gasteiger partial charge in [-0.1, -0.05) is 127 Å². The van der Waals surface area contributed by atoms with Gasteiger partial charge in [0.15, 0.2) is 0 Å². The molecule has 0 atom stereocenters. The van der Waals surface area contributed by atoms with Gasteiger partial charge in [-0.3, -0.25) is 0 Å². The van der Waals surface area contributed by atoms with Gasteiger partial charge in [0, 0.05) is 78.1 Å². The third-order valence-electron chi connectivity index (χ3n) is 14.0. The monoisotopic (exact) mass is 758 g/mol. The van der Waals surface area contributed by atoms with Gasteiger partial charge >= 0.3 is 0 Å². The number of nitrogens with zero attached hydrogens (tertiary/aromatic N) is 4. The first-order valence-electron chi connectivity index (χ1n) is 21.0. The van der Waals surface area contributed by atoms with Crippen LogP contribution in [0, 0.1) is 0 Å². The highest BCUT2D eigenvalue weighted by atomic mass is 15.2. The van der Waals surface area contributed by atoms with Crippen LogP contribution in [0.2, 0.25) is 0 Å². The molecule has 0 fully saturated rings. The minimum Gasteiger partial charge on any atom is -0.311 e. The standard InChI is InChI=1S/C54H32B2N4/c1-3-15-33(16-4-1)57-45-27-13-29-47-51(45)55(39-23-11-21-37-35-19-7-9-25-43(35)59(47)53(37)39)41-31-42-50(32-49(41)57)58(34-17-5-2-6-18-34)46-28-14-30-48-52(46)56(42)40-24-12-22-38-36-20-8-10-26-44(36)60(48)54(38)40/h1-32H. The fourth-order valence-corrected chi connectivity index (χ4v) is 11.9. The first-order chi connectivity index (χ1) is 29.8. The average molecular weight is 759 g/mol. The van der Waals surface area contributed by atoms with Crippen LogP contribution < -0.4 is 42.6 Å². The fraction of sp³-hybridized carbons (Fsp3) is 0. The van der Waals surface area contributed by atoms with E-state index in [4.69, 9.17) is 0 Å². The van der Waals surface area contributed by atoms with Crippen molar-refractivity contribution in [3.8, 4) is 11.4 Å². The van der Waals surface area contributed by atoms with Gasteiger partial charge in [-0.25, -0.2) is 0 Å². The van der Waals surface area contributed by atoms with Crippen LogP contribution in [0.15, 0.2) is 194 Å². The lowest BCUT2D eigenvalue weighted by Crippen LogP contribution is -2.64. The Hall–Kier alpha value is -7.69. The molecule has 0 bridgehead atoms. The molecular formula is C54H32B2N4. The van der Waals surface area contributed by atoms with E-state index in [-0.39, 0.29) is 13.4 Å². The normalized spacial score (nSPS) is 13.9. The van der Waals surface area contributed by atoms with Crippen molar-refractivity contribution in [1.82, 2.24) is 9.13 Å². The maximum atomic E-state index is 2.62. The highest BCUT2D eigenvalue weighted by molar-refractivity contribution is 7.03. The van der Waals surface area contributed by atoms with Gasteiger partial charge in [0.05, 0.1) is 11.0 Å². The van der Waals surface area contributed by atoms with E-state index in [1.807, 2.05) is 0 Å². The Bertz CT molecular complexity index is 3460. The SMILES string of the molecule is c1ccc(N2c3cc4c(cc3B3c5c2cccc5-n2c5ccccc5c5cccc3c52)B2c3c(cccc3-n3c5ccccc5c5cccc2c53)N4c2ccccc2)cc1.